The normalized spacial score (nSPS) is 22.3. The molecule has 0 spiro atoms. The molecule has 4 bridgehead atoms. The molecule has 0 aromatic heterocycles. The average Bonchev–Trinajstić information content (AvgIpc) is 3.56. The molecule has 0 unspecified atom stereocenters. The zero-order valence-electron chi connectivity index (χ0n) is 36.4. The minimum Gasteiger partial charge on any atom is -0.311 e. The van der Waals surface area contributed by atoms with Gasteiger partial charge in [-0.05, 0) is 173 Å². The van der Waals surface area contributed by atoms with E-state index in [0.29, 0.717) is 11.8 Å². The third kappa shape index (κ3) is 6.21. The summed E-state index contributed by atoms with van der Waals surface area (Å²) in [7, 11) is 0. The summed E-state index contributed by atoms with van der Waals surface area (Å²) in [6.07, 6.45) is 6.83. The molecule has 4 saturated carbocycles. The SMILES string of the molecule is CC1(C)c2ccccc2-c2ccc(N(c3ccccc3)c3ccc(C4(c5ccc(-c6ccc(N(c7ccccc7)c7ccccc7)cc6)cc5)C5CC6CC(C5)CC4C6)cc3)cc21. The van der Waals surface area contributed by atoms with Crippen LogP contribution < -0.4 is 9.80 Å². The van der Waals surface area contributed by atoms with Crippen molar-refractivity contribution in [2.45, 2.75) is 56.8 Å². The van der Waals surface area contributed by atoms with Gasteiger partial charge in [0.1, 0.15) is 0 Å². The summed E-state index contributed by atoms with van der Waals surface area (Å²) in [6.45, 7) is 4.75. The summed E-state index contributed by atoms with van der Waals surface area (Å²) in [4.78, 5) is 4.80. The van der Waals surface area contributed by atoms with Gasteiger partial charge in [-0.15, -0.1) is 0 Å². The molecule has 2 heteroatoms. The lowest BCUT2D eigenvalue weighted by Crippen LogP contribution is -2.56. The molecule has 0 radical (unpaired) electrons. The Morgan fingerprint density at radius 3 is 1.25 bits per heavy atom. The first-order valence-corrected chi connectivity index (χ1v) is 23.3. The van der Waals surface area contributed by atoms with Crippen molar-refractivity contribution in [2.75, 3.05) is 9.80 Å². The van der Waals surface area contributed by atoms with Gasteiger partial charge in [-0.1, -0.05) is 147 Å². The van der Waals surface area contributed by atoms with Crippen LogP contribution in [0.5, 0.6) is 0 Å². The highest BCUT2D eigenvalue weighted by atomic mass is 15.1. The molecule has 8 aromatic carbocycles. The fraction of sp³-hybridized carbons (Fsp3) is 0.213. The van der Waals surface area contributed by atoms with Crippen molar-refractivity contribution < 1.29 is 0 Å². The Balaban J connectivity index is 0.899. The molecule has 0 amide bonds. The Bertz CT molecular complexity index is 2830. The van der Waals surface area contributed by atoms with Crippen LogP contribution in [-0.4, -0.2) is 0 Å². The van der Waals surface area contributed by atoms with Gasteiger partial charge in [0.15, 0.2) is 0 Å². The molecule has 0 heterocycles. The second-order valence-corrected chi connectivity index (χ2v) is 19.4. The minimum absolute atomic E-state index is 0.0150. The van der Waals surface area contributed by atoms with Gasteiger partial charge in [-0.3, -0.25) is 0 Å². The summed E-state index contributed by atoms with van der Waals surface area (Å²) in [5.41, 5.74) is 18.0. The summed E-state index contributed by atoms with van der Waals surface area (Å²) >= 11 is 0. The Labute approximate surface area is 373 Å². The van der Waals surface area contributed by atoms with E-state index in [-0.39, 0.29) is 10.8 Å². The molecule has 0 N–H and O–H groups in total. The molecule has 0 aliphatic heterocycles. The molecule has 63 heavy (non-hydrogen) atoms. The van der Waals surface area contributed by atoms with E-state index in [0.717, 1.165) is 28.9 Å². The van der Waals surface area contributed by atoms with Crippen molar-refractivity contribution in [1.29, 1.82) is 0 Å². The van der Waals surface area contributed by atoms with Crippen LogP contribution in [0.4, 0.5) is 34.1 Å². The highest BCUT2D eigenvalue weighted by molar-refractivity contribution is 5.86. The van der Waals surface area contributed by atoms with Crippen molar-refractivity contribution in [3.8, 4) is 22.3 Å². The number of benzene rings is 8. The Hall–Kier alpha value is -6.64. The maximum absolute atomic E-state index is 2.51. The summed E-state index contributed by atoms with van der Waals surface area (Å²) in [6, 6.07) is 77.2. The first kappa shape index (κ1) is 38.1. The van der Waals surface area contributed by atoms with Crippen LogP contribution >= 0.6 is 0 Å². The number of anilines is 6. The van der Waals surface area contributed by atoms with Gasteiger partial charge in [0.25, 0.3) is 0 Å². The average molecular weight is 815 g/mol. The molecule has 13 rings (SSSR count). The zero-order valence-corrected chi connectivity index (χ0v) is 36.4. The van der Waals surface area contributed by atoms with E-state index < -0.39 is 0 Å². The van der Waals surface area contributed by atoms with E-state index in [2.05, 4.69) is 230 Å². The van der Waals surface area contributed by atoms with E-state index >= 15 is 0 Å². The van der Waals surface area contributed by atoms with Crippen LogP contribution in [0.15, 0.2) is 206 Å². The minimum atomic E-state index is -0.0645. The van der Waals surface area contributed by atoms with Crippen molar-refractivity contribution in [2.24, 2.45) is 23.7 Å². The lowest BCUT2D eigenvalue weighted by atomic mass is 9.42. The second kappa shape index (κ2) is 15.0. The maximum Gasteiger partial charge on any atom is 0.0465 e. The highest BCUT2D eigenvalue weighted by Gasteiger charge is 2.58. The smallest absolute Gasteiger partial charge is 0.0465 e. The van der Waals surface area contributed by atoms with Gasteiger partial charge in [-0.2, -0.15) is 0 Å². The first-order chi connectivity index (χ1) is 30.9. The fourth-order valence-electron chi connectivity index (χ4n) is 13.1. The number of fused-ring (bicyclic) bond motifs is 3. The van der Waals surface area contributed by atoms with Crippen molar-refractivity contribution >= 4 is 34.1 Å². The fourth-order valence-corrected chi connectivity index (χ4v) is 13.1. The Morgan fingerprint density at radius 1 is 0.349 bits per heavy atom. The monoisotopic (exact) mass is 814 g/mol. The molecule has 2 nitrogen and oxygen atoms in total. The molecule has 308 valence electrons. The standard InChI is InChI=1S/C61H54N2/c1-60(2)58-21-13-12-20-56(58)57-35-34-55(41-59(57)60)63(52-18-10-5-11-19-52)54-32-28-47(29-33-54)61(48-37-42-36-43(39-48)40-49(61)38-42)46-26-22-44(23-27-46)45-24-30-53(31-25-45)62(50-14-6-3-7-15-50)51-16-8-4-9-17-51/h3-35,41-43,48-49H,36-40H2,1-2H3. The van der Waals surface area contributed by atoms with Crippen molar-refractivity contribution in [3.63, 3.8) is 0 Å². The molecule has 0 saturated heterocycles. The van der Waals surface area contributed by atoms with Crippen LogP contribution in [0.1, 0.15) is 68.2 Å². The van der Waals surface area contributed by atoms with E-state index in [1.165, 1.54) is 93.7 Å². The quantitative estimate of drug-likeness (QED) is 0.143. The predicted molar refractivity (Wildman–Crippen MR) is 263 cm³/mol. The number of hydrogen-bond acceptors (Lipinski definition) is 2. The van der Waals surface area contributed by atoms with Gasteiger partial charge in [0, 0.05) is 45.0 Å². The molecule has 8 aromatic rings. The molecular formula is C61H54N2. The van der Waals surface area contributed by atoms with Crippen LogP contribution in [0, 0.1) is 23.7 Å². The van der Waals surface area contributed by atoms with Crippen molar-refractivity contribution in [3.05, 3.63) is 229 Å². The third-order valence-electron chi connectivity index (χ3n) is 15.7. The molecule has 0 atom stereocenters. The molecule has 5 aliphatic carbocycles. The lowest BCUT2D eigenvalue weighted by molar-refractivity contribution is -0.0418. The van der Waals surface area contributed by atoms with Crippen LogP contribution in [0.25, 0.3) is 22.3 Å². The largest absolute Gasteiger partial charge is 0.311 e. The van der Waals surface area contributed by atoms with Gasteiger partial charge >= 0.3 is 0 Å². The maximum atomic E-state index is 2.51. The number of rotatable bonds is 9. The Kier molecular flexibility index (Phi) is 9.08. The summed E-state index contributed by atoms with van der Waals surface area (Å²) in [5, 5.41) is 0. The molecule has 4 fully saturated rings. The van der Waals surface area contributed by atoms with E-state index in [4.69, 9.17) is 0 Å². The van der Waals surface area contributed by atoms with Gasteiger partial charge in [0.2, 0.25) is 0 Å². The highest BCUT2D eigenvalue weighted by Crippen LogP contribution is 2.65. The van der Waals surface area contributed by atoms with E-state index in [9.17, 15) is 0 Å². The molecular weight excluding hydrogens is 761 g/mol. The van der Waals surface area contributed by atoms with Gasteiger partial charge in [0.05, 0.1) is 0 Å². The first-order valence-electron chi connectivity index (χ1n) is 23.3. The van der Waals surface area contributed by atoms with Gasteiger partial charge in [-0.25, -0.2) is 0 Å². The molecule has 5 aliphatic rings. The Morgan fingerprint density at radius 2 is 0.730 bits per heavy atom. The van der Waals surface area contributed by atoms with Crippen molar-refractivity contribution in [1.82, 2.24) is 0 Å². The van der Waals surface area contributed by atoms with Crippen LogP contribution in [-0.2, 0) is 10.8 Å². The van der Waals surface area contributed by atoms with Crippen LogP contribution in [0.2, 0.25) is 0 Å². The zero-order chi connectivity index (χ0) is 42.1. The second-order valence-electron chi connectivity index (χ2n) is 19.4. The van der Waals surface area contributed by atoms with Crippen LogP contribution in [0.3, 0.4) is 0 Å². The number of para-hydroxylation sites is 3. The third-order valence-corrected chi connectivity index (χ3v) is 15.7. The van der Waals surface area contributed by atoms with E-state index in [1.54, 1.807) is 0 Å². The number of hydrogen-bond donors (Lipinski definition) is 0. The van der Waals surface area contributed by atoms with E-state index in [1.807, 2.05) is 0 Å². The summed E-state index contributed by atoms with van der Waals surface area (Å²) < 4.78 is 0. The van der Waals surface area contributed by atoms with Gasteiger partial charge < -0.3 is 9.80 Å². The summed E-state index contributed by atoms with van der Waals surface area (Å²) in [5.74, 6) is 3.09. The number of nitrogens with zero attached hydrogens (tertiary/aromatic N) is 2. The predicted octanol–water partition coefficient (Wildman–Crippen LogP) is 16.3. The lowest BCUT2D eigenvalue weighted by Gasteiger charge is -2.62. The topological polar surface area (TPSA) is 6.48 Å².